The van der Waals surface area contributed by atoms with Crippen LogP contribution in [-0.2, 0) is 11.3 Å². The van der Waals surface area contributed by atoms with Crippen LogP contribution in [0.15, 0.2) is 48.5 Å². The number of halogens is 2. The van der Waals surface area contributed by atoms with E-state index < -0.39 is 6.10 Å². The summed E-state index contributed by atoms with van der Waals surface area (Å²) >= 11 is 5.88. The molecule has 5 nitrogen and oxygen atoms in total. The lowest BCUT2D eigenvalue weighted by molar-refractivity contribution is -0.137. The molecule has 1 fully saturated rings. The summed E-state index contributed by atoms with van der Waals surface area (Å²) in [6, 6.07) is 13.4. The number of carbonyl (C=O) groups excluding carboxylic acids is 1. The van der Waals surface area contributed by atoms with Crippen molar-refractivity contribution in [3.05, 3.63) is 64.9 Å². The number of ether oxygens (including phenoxy) is 1. The lowest BCUT2D eigenvalue weighted by Crippen LogP contribution is -2.56. The first kappa shape index (κ1) is 23.5. The zero-order chi connectivity index (χ0) is 22.2. The minimum Gasteiger partial charge on any atom is -0.484 e. The number of benzene rings is 2. The Morgan fingerprint density at radius 1 is 1.19 bits per heavy atom. The van der Waals surface area contributed by atoms with Crippen molar-refractivity contribution < 1.29 is 19.0 Å². The molecule has 2 aromatic carbocycles. The predicted molar refractivity (Wildman–Crippen MR) is 120 cm³/mol. The second-order valence-corrected chi connectivity index (χ2v) is 8.45. The molecule has 2 aromatic rings. The van der Waals surface area contributed by atoms with Crippen LogP contribution in [0.25, 0.3) is 0 Å². The van der Waals surface area contributed by atoms with Crippen LogP contribution in [-0.4, -0.2) is 59.2 Å². The summed E-state index contributed by atoms with van der Waals surface area (Å²) < 4.78 is 18.9. The van der Waals surface area contributed by atoms with Crippen molar-refractivity contribution in [1.29, 1.82) is 0 Å². The van der Waals surface area contributed by atoms with Gasteiger partial charge in [-0.3, -0.25) is 9.69 Å². The van der Waals surface area contributed by atoms with Gasteiger partial charge in [0.25, 0.3) is 5.91 Å². The van der Waals surface area contributed by atoms with Crippen LogP contribution in [0, 0.1) is 5.82 Å². The molecule has 3 rings (SSSR count). The minimum atomic E-state index is -0.411. The highest BCUT2D eigenvalue weighted by Gasteiger charge is 2.31. The first-order valence-electron chi connectivity index (χ1n) is 10.8. The van der Waals surface area contributed by atoms with Gasteiger partial charge in [0.2, 0.25) is 0 Å². The molecule has 2 unspecified atom stereocenters. The van der Waals surface area contributed by atoms with Crippen molar-refractivity contribution in [2.45, 2.75) is 44.9 Å². The first-order valence-corrected chi connectivity index (χ1v) is 11.1. The SMILES string of the molecule is CCCC(O)CC1CN(C(=O)COc2ccc(Cl)cc2)CCN1Cc1ccc(F)cc1. The van der Waals surface area contributed by atoms with Gasteiger partial charge < -0.3 is 14.7 Å². The normalized spacial score (nSPS) is 18.1. The predicted octanol–water partition coefficient (Wildman–Crippen LogP) is 4.12. The molecule has 0 aromatic heterocycles. The molecule has 0 radical (unpaired) electrons. The Labute approximate surface area is 188 Å². The third-order valence-corrected chi connectivity index (χ3v) is 5.85. The van der Waals surface area contributed by atoms with Crippen LogP contribution in [0.5, 0.6) is 5.75 Å². The molecule has 1 saturated heterocycles. The largest absolute Gasteiger partial charge is 0.484 e. The number of rotatable bonds is 9. The van der Waals surface area contributed by atoms with Crippen LogP contribution in [0.3, 0.4) is 0 Å². The molecule has 0 spiro atoms. The molecule has 0 bridgehead atoms. The Hall–Kier alpha value is -2.15. The van der Waals surface area contributed by atoms with Gasteiger partial charge in [0.15, 0.2) is 6.61 Å². The van der Waals surface area contributed by atoms with Gasteiger partial charge in [-0.05, 0) is 54.8 Å². The average Bonchev–Trinajstić information content (AvgIpc) is 2.76. The number of piperazine rings is 1. The Kier molecular flexibility index (Phi) is 8.69. The Morgan fingerprint density at radius 3 is 2.58 bits per heavy atom. The van der Waals surface area contributed by atoms with Crippen LogP contribution in [0.1, 0.15) is 31.7 Å². The number of nitrogens with zero attached hydrogens (tertiary/aromatic N) is 2. The Bertz CT molecular complexity index is 832. The highest BCUT2D eigenvalue weighted by molar-refractivity contribution is 6.30. The fourth-order valence-electron chi connectivity index (χ4n) is 3.91. The van der Waals surface area contributed by atoms with E-state index >= 15 is 0 Å². The van der Waals surface area contributed by atoms with Gasteiger partial charge in [0, 0.05) is 37.2 Å². The topological polar surface area (TPSA) is 53.0 Å². The maximum absolute atomic E-state index is 13.2. The summed E-state index contributed by atoms with van der Waals surface area (Å²) in [6.07, 6.45) is 1.82. The first-order chi connectivity index (χ1) is 14.9. The molecular weight excluding hydrogens is 419 g/mol. The molecule has 2 atom stereocenters. The second-order valence-electron chi connectivity index (χ2n) is 8.01. The minimum absolute atomic E-state index is 0.0276. The molecule has 168 valence electrons. The molecule has 1 aliphatic rings. The van der Waals surface area contributed by atoms with Crippen molar-refractivity contribution in [3.8, 4) is 5.75 Å². The van der Waals surface area contributed by atoms with Crippen LogP contribution in [0.4, 0.5) is 4.39 Å². The van der Waals surface area contributed by atoms with E-state index in [4.69, 9.17) is 16.3 Å². The van der Waals surface area contributed by atoms with Gasteiger partial charge in [-0.25, -0.2) is 4.39 Å². The maximum atomic E-state index is 13.2. The average molecular weight is 449 g/mol. The Balaban J connectivity index is 1.61. The van der Waals surface area contributed by atoms with E-state index in [2.05, 4.69) is 4.90 Å². The van der Waals surface area contributed by atoms with Crippen LogP contribution < -0.4 is 4.74 Å². The molecule has 0 saturated carbocycles. The molecule has 1 heterocycles. The zero-order valence-corrected chi connectivity index (χ0v) is 18.6. The molecule has 1 amide bonds. The van der Waals surface area contributed by atoms with Crippen molar-refractivity contribution in [2.75, 3.05) is 26.2 Å². The zero-order valence-electron chi connectivity index (χ0n) is 17.8. The van der Waals surface area contributed by atoms with E-state index in [9.17, 15) is 14.3 Å². The van der Waals surface area contributed by atoms with Crippen molar-refractivity contribution >= 4 is 17.5 Å². The summed E-state index contributed by atoms with van der Waals surface area (Å²) in [4.78, 5) is 16.8. The lowest BCUT2D eigenvalue weighted by Gasteiger charge is -2.42. The molecule has 0 aliphatic carbocycles. The van der Waals surface area contributed by atoms with E-state index in [1.807, 2.05) is 6.92 Å². The van der Waals surface area contributed by atoms with E-state index in [-0.39, 0.29) is 24.4 Å². The third-order valence-electron chi connectivity index (χ3n) is 5.60. The summed E-state index contributed by atoms with van der Waals surface area (Å²) in [5, 5.41) is 11.0. The van der Waals surface area contributed by atoms with Crippen LogP contribution >= 0.6 is 11.6 Å². The highest BCUT2D eigenvalue weighted by Crippen LogP contribution is 2.21. The Morgan fingerprint density at radius 2 is 1.90 bits per heavy atom. The molecule has 1 aliphatic heterocycles. The summed E-state index contributed by atoms with van der Waals surface area (Å²) in [5.74, 6) is 0.267. The monoisotopic (exact) mass is 448 g/mol. The summed E-state index contributed by atoms with van der Waals surface area (Å²) in [5.41, 5.74) is 1.02. The number of hydrogen-bond acceptors (Lipinski definition) is 4. The van der Waals surface area contributed by atoms with Crippen molar-refractivity contribution in [1.82, 2.24) is 9.80 Å². The van der Waals surface area contributed by atoms with Crippen molar-refractivity contribution in [2.24, 2.45) is 0 Å². The van der Waals surface area contributed by atoms with E-state index in [1.54, 1.807) is 41.3 Å². The highest BCUT2D eigenvalue weighted by atomic mass is 35.5. The van der Waals surface area contributed by atoms with Gasteiger partial charge in [-0.1, -0.05) is 37.1 Å². The van der Waals surface area contributed by atoms with E-state index in [0.717, 1.165) is 18.4 Å². The lowest BCUT2D eigenvalue weighted by atomic mass is 10.0. The number of amides is 1. The maximum Gasteiger partial charge on any atom is 0.260 e. The van der Waals surface area contributed by atoms with Gasteiger partial charge in [-0.15, -0.1) is 0 Å². The quantitative estimate of drug-likeness (QED) is 0.627. The van der Waals surface area contributed by atoms with Crippen LogP contribution in [0.2, 0.25) is 5.02 Å². The summed E-state index contributed by atoms with van der Waals surface area (Å²) in [6.45, 7) is 4.48. The molecular formula is C24H30ClFN2O3. The standard InChI is InChI=1S/C24H30ClFN2O3/c1-2-3-22(29)14-21-16-28(24(30)17-31-23-10-6-19(25)7-11-23)13-12-27(21)15-18-4-8-20(26)9-5-18/h4-11,21-22,29H,2-3,12-17H2,1H3. The van der Waals surface area contributed by atoms with E-state index in [0.29, 0.717) is 43.4 Å². The van der Waals surface area contributed by atoms with Crippen molar-refractivity contribution in [3.63, 3.8) is 0 Å². The molecule has 1 N–H and O–H groups in total. The van der Waals surface area contributed by atoms with Gasteiger partial charge in [0.1, 0.15) is 11.6 Å². The number of aliphatic hydroxyl groups excluding tert-OH is 1. The van der Waals surface area contributed by atoms with Gasteiger partial charge in [0.05, 0.1) is 6.10 Å². The molecule has 31 heavy (non-hydrogen) atoms. The summed E-state index contributed by atoms with van der Waals surface area (Å²) in [7, 11) is 0. The number of aliphatic hydroxyl groups is 1. The molecule has 7 heteroatoms. The van der Waals surface area contributed by atoms with Gasteiger partial charge in [-0.2, -0.15) is 0 Å². The number of carbonyl (C=O) groups is 1. The van der Waals surface area contributed by atoms with Gasteiger partial charge >= 0.3 is 0 Å². The fourth-order valence-corrected chi connectivity index (χ4v) is 4.03. The fraction of sp³-hybridized carbons (Fsp3) is 0.458. The smallest absolute Gasteiger partial charge is 0.260 e. The third kappa shape index (κ3) is 7.20. The van der Waals surface area contributed by atoms with E-state index in [1.165, 1.54) is 12.1 Å². The number of hydrogen-bond donors (Lipinski definition) is 1. The second kappa shape index (κ2) is 11.5.